The first-order valence-electron chi connectivity index (χ1n) is 5.30. The van der Waals surface area contributed by atoms with Gasteiger partial charge in [-0.1, -0.05) is 0 Å². The minimum absolute atomic E-state index is 0.0872. The Balaban J connectivity index is 2.84. The highest BCUT2D eigenvalue weighted by Gasteiger charge is 2.22. The Kier molecular flexibility index (Phi) is 4.76. The van der Waals surface area contributed by atoms with Gasteiger partial charge < -0.3 is 10.4 Å². The van der Waals surface area contributed by atoms with Gasteiger partial charge in [0, 0.05) is 5.69 Å². The number of aliphatic hydroxyl groups is 1. The molecular formula is C11H14N2O5S. The number of primary sulfonamides is 1. The molecule has 0 bridgehead atoms. The standard InChI is InChI=1S/C11H14N2O5S/c1-7(15)10(6-14)11(16)13-8-2-4-9(5-3-8)19(12,17)18/h2-5,10,14H,6H2,1H3,(H,13,16)(H2,12,17,18). The van der Waals surface area contributed by atoms with Gasteiger partial charge in [-0.3, -0.25) is 9.59 Å². The average molecular weight is 286 g/mol. The Morgan fingerprint density at radius 2 is 1.84 bits per heavy atom. The highest BCUT2D eigenvalue weighted by Crippen LogP contribution is 2.13. The van der Waals surface area contributed by atoms with Gasteiger partial charge in [-0.05, 0) is 31.2 Å². The maximum atomic E-state index is 11.6. The van der Waals surface area contributed by atoms with Crippen LogP contribution < -0.4 is 10.5 Å². The van der Waals surface area contributed by atoms with Gasteiger partial charge in [0.25, 0.3) is 0 Å². The maximum absolute atomic E-state index is 11.6. The zero-order valence-electron chi connectivity index (χ0n) is 10.2. The van der Waals surface area contributed by atoms with E-state index in [1.807, 2.05) is 0 Å². The van der Waals surface area contributed by atoms with E-state index < -0.39 is 34.2 Å². The number of anilines is 1. The number of carbonyl (C=O) groups is 2. The number of sulfonamides is 1. The van der Waals surface area contributed by atoms with Crippen molar-refractivity contribution in [1.82, 2.24) is 0 Å². The largest absolute Gasteiger partial charge is 0.395 e. The first kappa shape index (κ1) is 15.3. The van der Waals surface area contributed by atoms with E-state index in [0.717, 1.165) is 0 Å². The number of rotatable bonds is 5. The molecule has 1 rings (SSSR count). The van der Waals surface area contributed by atoms with Crippen molar-refractivity contribution in [3.05, 3.63) is 24.3 Å². The molecule has 0 aliphatic rings. The molecule has 8 heteroatoms. The molecule has 19 heavy (non-hydrogen) atoms. The van der Waals surface area contributed by atoms with Crippen molar-refractivity contribution in [2.75, 3.05) is 11.9 Å². The van der Waals surface area contributed by atoms with Crippen LogP contribution in [-0.4, -0.2) is 31.8 Å². The molecule has 7 nitrogen and oxygen atoms in total. The van der Waals surface area contributed by atoms with Crippen molar-refractivity contribution in [3.8, 4) is 0 Å². The second-order valence-electron chi connectivity index (χ2n) is 3.90. The van der Waals surface area contributed by atoms with Crippen molar-refractivity contribution in [2.24, 2.45) is 11.1 Å². The molecule has 1 aromatic rings. The summed E-state index contributed by atoms with van der Waals surface area (Å²) in [5, 5.41) is 16.2. The summed E-state index contributed by atoms with van der Waals surface area (Å²) in [4.78, 5) is 22.6. The fourth-order valence-corrected chi connectivity index (χ4v) is 1.87. The van der Waals surface area contributed by atoms with Crippen LogP contribution in [0, 0.1) is 5.92 Å². The summed E-state index contributed by atoms with van der Waals surface area (Å²) in [6.45, 7) is 0.612. The van der Waals surface area contributed by atoms with Crippen molar-refractivity contribution < 1.29 is 23.1 Å². The third-order valence-corrected chi connectivity index (χ3v) is 3.37. The van der Waals surface area contributed by atoms with Gasteiger partial charge in [-0.25, -0.2) is 13.6 Å². The molecule has 0 radical (unpaired) electrons. The van der Waals surface area contributed by atoms with Gasteiger partial charge in [-0.2, -0.15) is 0 Å². The lowest BCUT2D eigenvalue weighted by Crippen LogP contribution is -2.31. The minimum Gasteiger partial charge on any atom is -0.395 e. The summed E-state index contributed by atoms with van der Waals surface area (Å²) in [5.74, 6) is -2.25. The second-order valence-corrected chi connectivity index (χ2v) is 5.47. The first-order chi connectivity index (χ1) is 8.75. The molecule has 104 valence electrons. The van der Waals surface area contributed by atoms with E-state index in [4.69, 9.17) is 10.2 Å². The summed E-state index contributed by atoms with van der Waals surface area (Å²) in [5.41, 5.74) is 0.303. The van der Waals surface area contributed by atoms with Crippen LogP contribution in [0.5, 0.6) is 0 Å². The monoisotopic (exact) mass is 286 g/mol. The Bertz CT molecular complexity index is 580. The summed E-state index contributed by atoms with van der Waals surface area (Å²) in [6.07, 6.45) is 0. The predicted molar refractivity (Wildman–Crippen MR) is 67.7 cm³/mol. The highest BCUT2D eigenvalue weighted by atomic mass is 32.2. The normalized spacial score (nSPS) is 12.8. The first-order valence-corrected chi connectivity index (χ1v) is 6.85. The van der Waals surface area contributed by atoms with Crippen LogP contribution in [0.25, 0.3) is 0 Å². The van der Waals surface area contributed by atoms with Crippen LogP contribution in [0.2, 0.25) is 0 Å². The molecule has 0 heterocycles. The number of nitrogens with one attached hydrogen (secondary N) is 1. The molecule has 4 N–H and O–H groups in total. The molecule has 1 amide bonds. The van der Waals surface area contributed by atoms with Crippen LogP contribution in [0.3, 0.4) is 0 Å². The van der Waals surface area contributed by atoms with Gasteiger partial charge in [0.05, 0.1) is 11.5 Å². The number of aliphatic hydroxyl groups excluding tert-OH is 1. The number of hydrogen-bond acceptors (Lipinski definition) is 5. The molecule has 1 unspecified atom stereocenters. The molecule has 0 aliphatic carbocycles. The predicted octanol–water partition coefficient (Wildman–Crippen LogP) is -0.530. The van der Waals surface area contributed by atoms with Crippen molar-refractivity contribution in [2.45, 2.75) is 11.8 Å². The Hall–Kier alpha value is -1.77. The number of nitrogens with two attached hydrogens (primary N) is 1. The molecule has 0 saturated heterocycles. The highest BCUT2D eigenvalue weighted by molar-refractivity contribution is 7.89. The van der Waals surface area contributed by atoms with Crippen molar-refractivity contribution in [1.29, 1.82) is 0 Å². The number of benzene rings is 1. The van der Waals surface area contributed by atoms with Crippen LogP contribution in [0.4, 0.5) is 5.69 Å². The van der Waals surface area contributed by atoms with E-state index >= 15 is 0 Å². The smallest absolute Gasteiger partial charge is 0.238 e. The molecule has 0 saturated carbocycles. The van der Waals surface area contributed by atoms with E-state index in [2.05, 4.69) is 5.32 Å². The number of hydrogen-bond donors (Lipinski definition) is 3. The molecular weight excluding hydrogens is 272 g/mol. The van der Waals surface area contributed by atoms with E-state index in [0.29, 0.717) is 5.69 Å². The van der Waals surface area contributed by atoms with Crippen LogP contribution in [0.1, 0.15) is 6.92 Å². The summed E-state index contributed by atoms with van der Waals surface area (Å²) >= 11 is 0. The molecule has 1 aromatic carbocycles. The van der Waals surface area contributed by atoms with E-state index in [9.17, 15) is 18.0 Å². The van der Waals surface area contributed by atoms with Crippen LogP contribution in [0.15, 0.2) is 29.2 Å². The van der Waals surface area contributed by atoms with E-state index in [1.165, 1.54) is 31.2 Å². The maximum Gasteiger partial charge on any atom is 0.238 e. The Morgan fingerprint density at radius 1 is 1.32 bits per heavy atom. The third kappa shape index (κ3) is 4.12. The van der Waals surface area contributed by atoms with Gasteiger partial charge in [0.2, 0.25) is 15.9 Å². The molecule has 0 fully saturated rings. The van der Waals surface area contributed by atoms with E-state index in [-0.39, 0.29) is 4.90 Å². The molecule has 0 aromatic heterocycles. The van der Waals surface area contributed by atoms with Crippen molar-refractivity contribution >= 4 is 27.4 Å². The van der Waals surface area contributed by atoms with E-state index in [1.54, 1.807) is 0 Å². The fourth-order valence-electron chi connectivity index (χ4n) is 1.35. The average Bonchev–Trinajstić information content (AvgIpc) is 2.28. The van der Waals surface area contributed by atoms with Crippen LogP contribution >= 0.6 is 0 Å². The lowest BCUT2D eigenvalue weighted by Gasteiger charge is -2.11. The fraction of sp³-hybridized carbons (Fsp3) is 0.273. The Labute approximate surface area is 110 Å². The third-order valence-electron chi connectivity index (χ3n) is 2.44. The molecule has 0 aliphatic heterocycles. The number of amides is 1. The van der Waals surface area contributed by atoms with Crippen LogP contribution in [-0.2, 0) is 19.6 Å². The zero-order chi connectivity index (χ0) is 14.6. The Morgan fingerprint density at radius 3 is 2.21 bits per heavy atom. The number of Topliss-reactive ketones (excluding diaryl/α,β-unsaturated/α-hetero) is 1. The zero-order valence-corrected chi connectivity index (χ0v) is 11.0. The minimum atomic E-state index is -3.79. The summed E-state index contributed by atoms with van der Waals surface area (Å²) in [7, 11) is -3.79. The van der Waals surface area contributed by atoms with Gasteiger partial charge in [0.1, 0.15) is 11.7 Å². The lowest BCUT2D eigenvalue weighted by atomic mass is 10.1. The summed E-state index contributed by atoms with van der Waals surface area (Å²) < 4.78 is 22.0. The second kappa shape index (κ2) is 5.91. The summed E-state index contributed by atoms with van der Waals surface area (Å²) in [6, 6.07) is 5.14. The quantitative estimate of drug-likeness (QED) is 0.627. The molecule has 1 atom stereocenters. The van der Waals surface area contributed by atoms with Gasteiger partial charge >= 0.3 is 0 Å². The van der Waals surface area contributed by atoms with Crippen molar-refractivity contribution in [3.63, 3.8) is 0 Å². The molecule has 0 spiro atoms. The topological polar surface area (TPSA) is 127 Å². The SMILES string of the molecule is CC(=O)C(CO)C(=O)Nc1ccc(S(N)(=O)=O)cc1. The lowest BCUT2D eigenvalue weighted by molar-refractivity contribution is -0.131. The van der Waals surface area contributed by atoms with Gasteiger partial charge in [-0.15, -0.1) is 0 Å². The number of carbonyl (C=O) groups excluding carboxylic acids is 2. The van der Waals surface area contributed by atoms with Gasteiger partial charge in [0.15, 0.2) is 0 Å². The number of ketones is 1.